The van der Waals surface area contributed by atoms with Crippen LogP contribution in [0.1, 0.15) is 92.1 Å². The second-order valence-corrected chi connectivity index (χ2v) is 21.2. The number of fused-ring (bicyclic) bond motifs is 3. The summed E-state index contributed by atoms with van der Waals surface area (Å²) in [7, 11) is -2.00. The van der Waals surface area contributed by atoms with Crippen molar-refractivity contribution in [1.29, 1.82) is 0 Å². The summed E-state index contributed by atoms with van der Waals surface area (Å²) in [6.45, 7) is 15.1. The zero-order valence-corrected chi connectivity index (χ0v) is 38.7. The molecule has 8 aromatic rings. The molecular weight excluding hydrogens is 913 g/mol. The Morgan fingerprint density at radius 1 is 0.746 bits per heavy atom. The van der Waals surface area contributed by atoms with Crippen molar-refractivity contribution in [3.05, 3.63) is 168 Å². The summed E-state index contributed by atoms with van der Waals surface area (Å²) in [6, 6.07) is 46.3. The second kappa shape index (κ2) is 18.1. The summed E-state index contributed by atoms with van der Waals surface area (Å²) in [6.07, 6.45) is 1.33. The normalized spacial score (nSPS) is 14.4. The van der Waals surface area contributed by atoms with Crippen LogP contribution in [-0.2, 0) is 26.5 Å². The van der Waals surface area contributed by atoms with Gasteiger partial charge in [0.05, 0.1) is 5.58 Å². The van der Waals surface area contributed by atoms with Gasteiger partial charge in [-0.25, -0.2) is 0 Å². The Kier molecular flexibility index (Phi) is 10.7. The Bertz CT molecular complexity index is 2980. The second-order valence-electron chi connectivity index (χ2n) is 16.9. The molecule has 5 heteroatoms. The van der Waals surface area contributed by atoms with E-state index in [1.165, 1.54) is 16.6 Å². The number of rotatable bonds is 8. The van der Waals surface area contributed by atoms with Crippen LogP contribution in [0.15, 0.2) is 138 Å². The van der Waals surface area contributed by atoms with Gasteiger partial charge in [0.25, 0.3) is 0 Å². The van der Waals surface area contributed by atoms with Crippen LogP contribution in [0.3, 0.4) is 0 Å². The third-order valence-corrected chi connectivity index (χ3v) is 14.0. The van der Waals surface area contributed by atoms with Crippen molar-refractivity contribution in [3.63, 3.8) is 0 Å². The molecule has 1 radical (unpaired) electrons. The van der Waals surface area contributed by atoms with E-state index in [9.17, 15) is 0 Å². The topological polar surface area (TPSA) is 38.9 Å². The first-order chi connectivity index (χ1) is 30.3. The van der Waals surface area contributed by atoms with Gasteiger partial charge in [-0.2, -0.15) is 0 Å². The zero-order valence-electron chi connectivity index (χ0n) is 42.3. The first kappa shape index (κ1) is 34.9. The van der Waals surface area contributed by atoms with E-state index in [1.54, 1.807) is 32.9 Å². The number of pyridine rings is 2. The predicted molar refractivity (Wildman–Crippen MR) is 249 cm³/mol. The van der Waals surface area contributed by atoms with E-state index < -0.39 is 38.5 Å². The van der Waals surface area contributed by atoms with Crippen LogP contribution in [-0.4, -0.2) is 18.0 Å². The Labute approximate surface area is 376 Å². The van der Waals surface area contributed by atoms with Crippen LogP contribution in [0.25, 0.3) is 55.6 Å². The molecule has 5 aromatic carbocycles. The van der Waals surface area contributed by atoms with Gasteiger partial charge in [-0.3, -0.25) is 0 Å². The van der Waals surface area contributed by atoms with Crippen LogP contribution in [0.2, 0.25) is 13.1 Å². The summed E-state index contributed by atoms with van der Waals surface area (Å²) >= 11 is 0. The number of nitrogens with zero attached hydrogens (tertiary/aromatic N) is 2. The molecule has 0 aliphatic heterocycles. The van der Waals surface area contributed by atoms with E-state index in [0.717, 1.165) is 49.9 Å². The molecule has 0 spiro atoms. The molecule has 59 heavy (non-hydrogen) atoms. The molecule has 0 N–H and O–H groups in total. The average molecular weight is 976 g/mol. The largest absolute Gasteiger partial charge is 0.501 e. The number of hydrogen-bond acceptors (Lipinski definition) is 3. The maximum atomic E-state index is 8.81. The number of hydrogen-bond donors (Lipinski definition) is 0. The van der Waals surface area contributed by atoms with Crippen molar-refractivity contribution in [2.75, 3.05) is 0 Å². The van der Waals surface area contributed by atoms with Crippen molar-refractivity contribution in [2.45, 2.75) is 86.6 Å². The summed E-state index contributed by atoms with van der Waals surface area (Å²) < 4.78 is 65.0. The van der Waals surface area contributed by atoms with Crippen LogP contribution < -0.4 is 10.4 Å². The third kappa shape index (κ3) is 9.76. The molecule has 0 saturated heterocycles. The first-order valence-corrected chi connectivity index (χ1v) is 22.8. The van der Waals surface area contributed by atoms with Gasteiger partial charge in [0.1, 0.15) is 13.7 Å². The minimum absolute atomic E-state index is 0. The minimum atomic E-state index is -2.50. The fourth-order valence-corrected chi connectivity index (χ4v) is 10.0. The fraction of sp³-hybridized carbons (Fsp3) is 0.259. The van der Waals surface area contributed by atoms with Crippen LogP contribution in [0, 0.1) is 24.4 Å². The van der Waals surface area contributed by atoms with Crippen LogP contribution >= 0.6 is 0 Å². The number of aryl methyl sites for hydroxylation is 1. The molecule has 0 bridgehead atoms. The third-order valence-electron chi connectivity index (χ3n) is 10.5. The van der Waals surface area contributed by atoms with Gasteiger partial charge < -0.3 is 14.4 Å². The molecule has 3 heterocycles. The molecule has 0 unspecified atom stereocenters. The van der Waals surface area contributed by atoms with Gasteiger partial charge in [0.2, 0.25) is 0 Å². The van der Waals surface area contributed by atoms with Crippen molar-refractivity contribution in [2.24, 2.45) is 5.41 Å². The van der Waals surface area contributed by atoms with Gasteiger partial charge >= 0.3 is 0 Å². The van der Waals surface area contributed by atoms with E-state index in [2.05, 4.69) is 66.6 Å². The van der Waals surface area contributed by atoms with E-state index in [-0.39, 0.29) is 31.2 Å². The SMILES string of the molecule is [2H]C(C)(C)c1cc[c-]c(-c2cc(C([2H])(C)C)c([Si](C)(C)c3ccccc3)cn2)c1.[2H]C([2H])([2H])c1cnc(-c2[c-]ccc3c2oc2cc(-c4ccccc4)ccc23)cc1C([2H])([2H])C(C)(C)C.[Ir]. The molecule has 0 aliphatic rings. The van der Waals surface area contributed by atoms with Crippen molar-refractivity contribution >= 4 is 40.4 Å². The maximum Gasteiger partial charge on any atom is 0.121 e. The minimum Gasteiger partial charge on any atom is -0.501 e. The molecular formula is C54H56IrN2OSi-2. The van der Waals surface area contributed by atoms with Gasteiger partial charge in [-0.05, 0) is 69.8 Å². The van der Waals surface area contributed by atoms with Crippen molar-refractivity contribution in [3.8, 4) is 33.6 Å². The molecule has 0 saturated carbocycles. The monoisotopic (exact) mass is 976 g/mol. The summed E-state index contributed by atoms with van der Waals surface area (Å²) in [5, 5.41) is 4.37. The molecule has 303 valence electrons. The Morgan fingerprint density at radius 3 is 2.12 bits per heavy atom. The molecule has 3 nitrogen and oxygen atoms in total. The fourth-order valence-electron chi connectivity index (χ4n) is 7.29. The number of benzene rings is 5. The average Bonchev–Trinajstić information content (AvgIpc) is 3.64. The zero-order chi connectivity index (χ0) is 47.3. The molecule has 8 rings (SSSR count). The molecule has 0 atom stereocenters. The molecule has 0 fully saturated rings. The number of aromatic nitrogens is 2. The quantitative estimate of drug-likeness (QED) is 0.112. The predicted octanol–water partition coefficient (Wildman–Crippen LogP) is 13.6. The van der Waals surface area contributed by atoms with Crippen molar-refractivity contribution in [1.82, 2.24) is 9.97 Å². The molecule has 0 amide bonds. The van der Waals surface area contributed by atoms with Gasteiger partial charge in [0.15, 0.2) is 0 Å². The molecule has 0 aliphatic carbocycles. The van der Waals surface area contributed by atoms with Gasteiger partial charge in [-0.1, -0.05) is 174 Å². The van der Waals surface area contributed by atoms with E-state index in [0.29, 0.717) is 16.8 Å². The Balaban J connectivity index is 0.000000220. The van der Waals surface area contributed by atoms with Gasteiger partial charge in [0, 0.05) is 47.5 Å². The summed E-state index contributed by atoms with van der Waals surface area (Å²) in [5.41, 5.74) is 7.22. The smallest absolute Gasteiger partial charge is 0.121 e. The molecule has 3 aromatic heterocycles. The van der Waals surface area contributed by atoms with Crippen LogP contribution in [0.4, 0.5) is 0 Å². The summed E-state index contributed by atoms with van der Waals surface area (Å²) in [5.74, 6) is -1.41. The first-order valence-electron chi connectivity index (χ1n) is 23.3. The Hall–Kier alpha value is -4.93. The standard InChI is InChI=1S/C29H26NO.C25H30NSi.Ir/c1-19-18-30-26(15-22(19)17-29(2,3)4)25-12-8-11-24-23-14-13-21(16-27(23)31-28(24)25)20-9-6-5-7-10-20;1-18(2)20-11-10-12-21(15-20)24-16-23(19(3)4)25(17-26-24)27(5,6)22-13-8-7-9-14-22;/h5-11,13-16,18H,17H2,1-4H3;7-11,13-19H,1-6H3;/q2*-1;/i1D3,17D2;18D,19D;. The van der Waals surface area contributed by atoms with Crippen molar-refractivity contribution < 1.29 is 34.1 Å². The number of furan rings is 1. The van der Waals surface area contributed by atoms with Crippen LogP contribution in [0.5, 0.6) is 0 Å². The Morgan fingerprint density at radius 2 is 1.44 bits per heavy atom. The maximum absolute atomic E-state index is 8.81. The summed E-state index contributed by atoms with van der Waals surface area (Å²) in [4.78, 5) is 9.24. The van der Waals surface area contributed by atoms with Gasteiger partial charge in [-0.15, -0.1) is 53.6 Å². The van der Waals surface area contributed by atoms with E-state index in [1.807, 2.05) is 107 Å². The van der Waals surface area contributed by atoms with E-state index >= 15 is 0 Å². The van der Waals surface area contributed by atoms with E-state index in [4.69, 9.17) is 19.0 Å².